The monoisotopic (exact) mass is 452 g/mol. The zero-order valence-electron chi connectivity index (χ0n) is 18.2. The summed E-state index contributed by atoms with van der Waals surface area (Å²) in [4.78, 5) is 29.7. The molecule has 32 heavy (non-hydrogen) atoms. The van der Waals surface area contributed by atoms with Gasteiger partial charge >= 0.3 is 0 Å². The molecule has 0 bridgehead atoms. The van der Waals surface area contributed by atoms with Crippen molar-refractivity contribution in [1.82, 2.24) is 10.2 Å². The van der Waals surface area contributed by atoms with E-state index in [0.717, 1.165) is 30.6 Å². The van der Waals surface area contributed by atoms with Crippen LogP contribution in [0.4, 0.5) is 0 Å². The van der Waals surface area contributed by atoms with Crippen molar-refractivity contribution in [3.8, 4) is 5.75 Å². The van der Waals surface area contributed by atoms with Gasteiger partial charge in [0.15, 0.2) is 0 Å². The number of furan rings is 1. The van der Waals surface area contributed by atoms with E-state index in [1.807, 2.05) is 47.8 Å². The smallest absolute Gasteiger partial charge is 0.247 e. The topological polar surface area (TPSA) is 71.8 Å². The third kappa shape index (κ3) is 5.40. The summed E-state index contributed by atoms with van der Waals surface area (Å²) in [5.74, 6) is 0.977. The number of methoxy groups -OCH3 is 1. The van der Waals surface area contributed by atoms with Crippen LogP contribution in [0, 0.1) is 0 Å². The van der Waals surface area contributed by atoms with Crippen LogP contribution in [-0.4, -0.2) is 29.9 Å². The van der Waals surface area contributed by atoms with Crippen molar-refractivity contribution in [3.63, 3.8) is 0 Å². The molecule has 0 spiro atoms. The average Bonchev–Trinajstić information content (AvgIpc) is 3.58. The normalized spacial score (nSPS) is 14.8. The number of ether oxygens (including phenoxy) is 1. The second-order valence-corrected chi connectivity index (χ2v) is 9.06. The third-order valence-corrected chi connectivity index (χ3v) is 6.68. The largest absolute Gasteiger partial charge is 0.497 e. The van der Waals surface area contributed by atoms with Gasteiger partial charge in [-0.15, -0.1) is 11.3 Å². The fourth-order valence-corrected chi connectivity index (χ4v) is 4.89. The zero-order chi connectivity index (χ0) is 22.3. The van der Waals surface area contributed by atoms with Crippen molar-refractivity contribution >= 4 is 23.2 Å². The van der Waals surface area contributed by atoms with Crippen LogP contribution in [0.2, 0.25) is 0 Å². The Morgan fingerprint density at radius 1 is 1.19 bits per heavy atom. The van der Waals surface area contributed by atoms with Gasteiger partial charge in [0.25, 0.3) is 0 Å². The molecular formula is C25H28N2O4S. The third-order valence-electron chi connectivity index (χ3n) is 5.80. The average molecular weight is 453 g/mol. The number of hydrogen-bond acceptors (Lipinski definition) is 5. The lowest BCUT2D eigenvalue weighted by Gasteiger charge is -2.32. The van der Waals surface area contributed by atoms with Crippen molar-refractivity contribution in [1.29, 1.82) is 0 Å². The Balaban J connectivity index is 1.69. The first kappa shape index (κ1) is 22.1. The van der Waals surface area contributed by atoms with Crippen LogP contribution in [0.25, 0.3) is 0 Å². The van der Waals surface area contributed by atoms with Crippen LogP contribution in [0.5, 0.6) is 5.75 Å². The van der Waals surface area contributed by atoms with E-state index >= 15 is 0 Å². The summed E-state index contributed by atoms with van der Waals surface area (Å²) in [6, 6.07) is 14.2. The van der Waals surface area contributed by atoms with Crippen molar-refractivity contribution < 1.29 is 18.7 Å². The lowest BCUT2D eigenvalue weighted by Crippen LogP contribution is -2.46. The predicted octanol–water partition coefficient (Wildman–Crippen LogP) is 4.72. The number of amides is 2. The Morgan fingerprint density at radius 3 is 2.72 bits per heavy atom. The molecule has 7 heteroatoms. The fraction of sp³-hybridized carbons (Fsp3) is 0.360. The van der Waals surface area contributed by atoms with Gasteiger partial charge in [0.05, 0.1) is 26.3 Å². The fourth-order valence-electron chi connectivity index (χ4n) is 4.19. The highest BCUT2D eigenvalue weighted by Crippen LogP contribution is 2.29. The number of hydrogen-bond donors (Lipinski definition) is 1. The number of benzene rings is 1. The molecule has 4 rings (SSSR count). The second kappa shape index (κ2) is 10.5. The summed E-state index contributed by atoms with van der Waals surface area (Å²) >= 11 is 1.53. The molecule has 1 atom stereocenters. The zero-order valence-corrected chi connectivity index (χ0v) is 19.0. The molecule has 1 fully saturated rings. The maximum absolute atomic E-state index is 13.6. The molecule has 1 saturated carbocycles. The minimum Gasteiger partial charge on any atom is -0.497 e. The lowest BCUT2D eigenvalue weighted by atomic mass is 10.0. The molecule has 3 aromatic rings. The predicted molar refractivity (Wildman–Crippen MR) is 123 cm³/mol. The molecule has 0 radical (unpaired) electrons. The van der Waals surface area contributed by atoms with E-state index in [1.165, 1.54) is 11.3 Å². The molecule has 168 valence electrons. The highest BCUT2D eigenvalue weighted by molar-refractivity contribution is 7.10. The number of nitrogens with one attached hydrogen (secondary N) is 1. The van der Waals surface area contributed by atoms with Crippen LogP contribution in [-0.2, 0) is 22.6 Å². The van der Waals surface area contributed by atoms with Gasteiger partial charge in [-0.1, -0.05) is 31.0 Å². The molecule has 6 nitrogen and oxygen atoms in total. The van der Waals surface area contributed by atoms with E-state index in [9.17, 15) is 9.59 Å². The van der Waals surface area contributed by atoms with Crippen molar-refractivity contribution in [2.75, 3.05) is 7.11 Å². The first-order chi connectivity index (χ1) is 15.6. The maximum Gasteiger partial charge on any atom is 0.247 e. The van der Waals surface area contributed by atoms with Crippen LogP contribution in [0.3, 0.4) is 0 Å². The summed E-state index contributed by atoms with van der Waals surface area (Å²) in [6.45, 7) is 0.206. The molecule has 0 saturated heterocycles. The van der Waals surface area contributed by atoms with E-state index in [-0.39, 0.29) is 30.8 Å². The number of thiophene rings is 1. The molecular weight excluding hydrogens is 424 g/mol. The summed E-state index contributed by atoms with van der Waals surface area (Å²) < 4.78 is 10.9. The Hall–Kier alpha value is -3.06. The van der Waals surface area contributed by atoms with Gasteiger partial charge in [-0.05, 0) is 54.1 Å². The molecule has 2 heterocycles. The Morgan fingerprint density at radius 2 is 2.03 bits per heavy atom. The minimum atomic E-state index is -0.789. The van der Waals surface area contributed by atoms with Gasteiger partial charge in [-0.2, -0.15) is 0 Å². The van der Waals surface area contributed by atoms with E-state index in [1.54, 1.807) is 24.3 Å². The Kier molecular flexibility index (Phi) is 7.27. The van der Waals surface area contributed by atoms with Crippen LogP contribution >= 0.6 is 11.3 Å². The molecule has 1 aromatic carbocycles. The van der Waals surface area contributed by atoms with Gasteiger partial charge in [0.2, 0.25) is 11.8 Å². The number of carbonyl (C=O) groups excluding carboxylic acids is 2. The minimum absolute atomic E-state index is 0.127. The highest BCUT2D eigenvalue weighted by Gasteiger charge is 2.34. The highest BCUT2D eigenvalue weighted by atomic mass is 32.1. The van der Waals surface area contributed by atoms with E-state index < -0.39 is 6.04 Å². The molecule has 2 aromatic heterocycles. The Labute approximate surface area is 192 Å². The number of rotatable bonds is 9. The van der Waals surface area contributed by atoms with E-state index in [0.29, 0.717) is 17.1 Å². The van der Waals surface area contributed by atoms with Crippen molar-refractivity contribution in [2.24, 2.45) is 0 Å². The summed E-state index contributed by atoms with van der Waals surface area (Å²) in [6.07, 6.45) is 5.98. The first-order valence-electron chi connectivity index (χ1n) is 10.9. The van der Waals surface area contributed by atoms with Gasteiger partial charge in [0, 0.05) is 10.9 Å². The first-order valence-corrected chi connectivity index (χ1v) is 11.8. The lowest BCUT2D eigenvalue weighted by molar-refractivity contribution is -0.141. The second-order valence-electron chi connectivity index (χ2n) is 8.03. The Bertz CT molecular complexity index is 1010. The van der Waals surface area contributed by atoms with Crippen molar-refractivity contribution in [2.45, 2.75) is 50.7 Å². The summed E-state index contributed by atoms with van der Waals surface area (Å²) in [5.41, 5.74) is 0.714. The standard InChI is InChI=1S/C25H28N2O4S/c1-30-20-10-4-7-18(15-20)24(25(29)26-19-8-2-3-9-19)27(17-21-11-5-13-31-21)23(28)16-22-12-6-14-32-22/h4-7,10-15,19,24H,2-3,8-9,16-17H2,1H3,(H,26,29). The van der Waals surface area contributed by atoms with Crippen LogP contribution in [0.15, 0.2) is 64.6 Å². The van der Waals surface area contributed by atoms with Gasteiger partial charge in [0.1, 0.15) is 17.6 Å². The SMILES string of the molecule is COc1cccc(C(C(=O)NC2CCCC2)N(Cc2ccco2)C(=O)Cc2cccs2)c1. The quantitative estimate of drug-likeness (QED) is 0.510. The van der Waals surface area contributed by atoms with E-state index in [2.05, 4.69) is 5.32 Å². The molecule has 1 N–H and O–H groups in total. The number of carbonyl (C=O) groups is 2. The van der Waals surface area contributed by atoms with Gasteiger partial charge in [-0.25, -0.2) is 0 Å². The van der Waals surface area contributed by atoms with Gasteiger partial charge in [-0.3, -0.25) is 9.59 Å². The summed E-state index contributed by atoms with van der Waals surface area (Å²) in [5, 5.41) is 5.14. The van der Waals surface area contributed by atoms with Crippen LogP contribution in [0.1, 0.15) is 47.9 Å². The maximum atomic E-state index is 13.6. The summed E-state index contributed by atoms with van der Waals surface area (Å²) in [7, 11) is 1.59. The molecule has 1 aliphatic carbocycles. The van der Waals surface area contributed by atoms with Crippen LogP contribution < -0.4 is 10.1 Å². The molecule has 1 aliphatic rings. The van der Waals surface area contributed by atoms with Crippen molar-refractivity contribution in [3.05, 3.63) is 76.4 Å². The van der Waals surface area contributed by atoms with E-state index in [4.69, 9.17) is 9.15 Å². The van der Waals surface area contributed by atoms with Gasteiger partial charge < -0.3 is 19.4 Å². The number of nitrogens with zero attached hydrogens (tertiary/aromatic N) is 1. The molecule has 1 unspecified atom stereocenters. The molecule has 2 amide bonds. The molecule has 0 aliphatic heterocycles.